The lowest BCUT2D eigenvalue weighted by molar-refractivity contribution is -0.152. The molecule has 1 aromatic carbocycles. The molecule has 4 aliphatic rings. The van der Waals surface area contributed by atoms with Gasteiger partial charge in [-0.25, -0.2) is 0 Å². The van der Waals surface area contributed by atoms with Gasteiger partial charge in [-0.1, -0.05) is 56.3 Å². The van der Waals surface area contributed by atoms with Crippen LogP contribution in [0.15, 0.2) is 55.6 Å². The number of morpholine rings is 1. The van der Waals surface area contributed by atoms with Gasteiger partial charge in [0, 0.05) is 39.1 Å². The second-order valence-electron chi connectivity index (χ2n) is 13.8. The second kappa shape index (κ2) is 16.4. The fourth-order valence-corrected chi connectivity index (χ4v) is 8.00. The minimum absolute atomic E-state index is 0.0828. The summed E-state index contributed by atoms with van der Waals surface area (Å²) in [6.07, 6.45) is 4.36. The second-order valence-corrected chi connectivity index (χ2v) is 13.8. The molecule has 0 radical (unpaired) electrons. The molecular weight excluding hydrogens is 628 g/mol. The van der Waals surface area contributed by atoms with Crippen LogP contribution in [-0.2, 0) is 33.4 Å². The molecular formula is C37H52N4O8. The lowest BCUT2D eigenvalue weighted by Gasteiger charge is -2.40. The molecule has 7 atom stereocenters. The Morgan fingerprint density at radius 3 is 2.55 bits per heavy atom. The first kappa shape index (κ1) is 36.7. The molecule has 3 amide bonds. The van der Waals surface area contributed by atoms with Crippen LogP contribution in [0.1, 0.15) is 51.1 Å². The minimum Gasteiger partial charge on any atom is -0.463 e. The van der Waals surface area contributed by atoms with Crippen LogP contribution in [0.25, 0.3) is 0 Å². The number of carbonyl (C=O) groups is 4. The zero-order chi connectivity index (χ0) is 35.1. The highest BCUT2D eigenvalue weighted by Gasteiger charge is 2.75. The van der Waals surface area contributed by atoms with Crippen LogP contribution in [-0.4, -0.2) is 126 Å². The number of amides is 3. The third-order valence-corrected chi connectivity index (χ3v) is 10.5. The summed E-state index contributed by atoms with van der Waals surface area (Å²) in [6, 6.07) is 6.91. The Kier molecular flexibility index (Phi) is 12.3. The number of esters is 1. The number of benzene rings is 1. The van der Waals surface area contributed by atoms with Gasteiger partial charge in [0.15, 0.2) is 0 Å². The van der Waals surface area contributed by atoms with E-state index in [1.807, 2.05) is 44.2 Å². The third-order valence-electron chi connectivity index (χ3n) is 10.5. The number of ether oxygens (including phenoxy) is 3. The minimum atomic E-state index is -1.22. The van der Waals surface area contributed by atoms with Gasteiger partial charge < -0.3 is 34.4 Å². The summed E-state index contributed by atoms with van der Waals surface area (Å²) in [5.41, 5.74) is -0.472. The summed E-state index contributed by atoms with van der Waals surface area (Å²) in [7, 11) is 0. The van der Waals surface area contributed by atoms with E-state index in [1.54, 1.807) is 17.1 Å². The van der Waals surface area contributed by atoms with Crippen LogP contribution in [0, 0.1) is 17.8 Å². The van der Waals surface area contributed by atoms with Crippen molar-refractivity contribution >= 4 is 23.7 Å². The highest BCUT2D eigenvalue weighted by Crippen LogP contribution is 2.59. The monoisotopic (exact) mass is 680 g/mol. The Labute approximate surface area is 289 Å². The first-order valence-electron chi connectivity index (χ1n) is 17.6. The van der Waals surface area contributed by atoms with Gasteiger partial charge in [-0.15, -0.1) is 13.2 Å². The van der Waals surface area contributed by atoms with Gasteiger partial charge in [-0.2, -0.15) is 0 Å². The molecule has 4 fully saturated rings. The first-order valence-corrected chi connectivity index (χ1v) is 17.6. The highest BCUT2D eigenvalue weighted by atomic mass is 16.5. The molecule has 1 spiro atoms. The van der Waals surface area contributed by atoms with E-state index < -0.39 is 53.5 Å². The van der Waals surface area contributed by atoms with Crippen molar-refractivity contribution in [2.24, 2.45) is 17.8 Å². The summed E-state index contributed by atoms with van der Waals surface area (Å²) >= 11 is 0. The van der Waals surface area contributed by atoms with Crippen molar-refractivity contribution in [2.75, 3.05) is 59.2 Å². The molecule has 4 aliphatic heterocycles. The summed E-state index contributed by atoms with van der Waals surface area (Å²) in [5.74, 6) is -3.36. The number of carbonyl (C=O) groups excluding carboxylic acids is 4. The van der Waals surface area contributed by atoms with Crippen LogP contribution >= 0.6 is 0 Å². The average Bonchev–Trinajstić information content (AvgIpc) is 3.75. The molecule has 12 heteroatoms. The summed E-state index contributed by atoms with van der Waals surface area (Å²) in [6.45, 7) is 15.1. The number of fused-ring (bicyclic) bond motifs is 1. The molecule has 0 saturated carbocycles. The number of nitrogens with one attached hydrogen (secondary N) is 1. The molecule has 0 aromatic heterocycles. The number of rotatable bonds is 17. The molecule has 4 saturated heterocycles. The fourth-order valence-electron chi connectivity index (χ4n) is 8.00. The maximum atomic E-state index is 14.7. The Balaban J connectivity index is 1.43. The predicted octanol–water partition coefficient (Wildman–Crippen LogP) is 2.09. The average molecular weight is 681 g/mol. The van der Waals surface area contributed by atoms with E-state index in [2.05, 4.69) is 23.4 Å². The van der Waals surface area contributed by atoms with Crippen LogP contribution in [0.3, 0.4) is 0 Å². The van der Waals surface area contributed by atoms with Crippen molar-refractivity contribution in [1.82, 2.24) is 20.0 Å². The van der Waals surface area contributed by atoms with Gasteiger partial charge in [0.1, 0.15) is 18.2 Å². The molecule has 2 bridgehead atoms. The molecule has 268 valence electrons. The van der Waals surface area contributed by atoms with Crippen LogP contribution < -0.4 is 5.32 Å². The summed E-state index contributed by atoms with van der Waals surface area (Å²) in [4.78, 5) is 61.5. The largest absolute Gasteiger partial charge is 0.463 e. The maximum absolute atomic E-state index is 14.7. The van der Waals surface area contributed by atoms with Crippen molar-refractivity contribution in [2.45, 2.75) is 69.4 Å². The van der Waals surface area contributed by atoms with Crippen molar-refractivity contribution < 1.29 is 38.5 Å². The number of allylic oxidation sites excluding steroid dienone is 1. The van der Waals surface area contributed by atoms with Gasteiger partial charge in [0.05, 0.1) is 49.8 Å². The Morgan fingerprint density at radius 2 is 1.90 bits per heavy atom. The number of hydrogen-bond donors (Lipinski definition) is 2. The van der Waals surface area contributed by atoms with Crippen molar-refractivity contribution in [1.29, 1.82) is 0 Å². The van der Waals surface area contributed by atoms with E-state index in [-0.39, 0.29) is 43.9 Å². The SMILES string of the molecule is C=CCCC(=O)OC[C@@H](NC(=O)[C@@H]1[C@H]2C(=O)N([C@@H](CO)C(C)C)[C@H](C(=O)N(CC=C)CCN3CCOCC3)[C@]23CC[C@H]1O3)c1ccccc1. The molecule has 2 N–H and O–H groups in total. The number of likely N-dealkylation sites (tertiary alicyclic amines) is 1. The third kappa shape index (κ3) is 7.62. The Morgan fingerprint density at radius 1 is 1.16 bits per heavy atom. The topological polar surface area (TPSA) is 138 Å². The fraction of sp³-hybridized carbons (Fsp3) is 0.622. The van der Waals surface area contributed by atoms with E-state index in [0.717, 1.165) is 18.7 Å². The van der Waals surface area contributed by atoms with Gasteiger partial charge in [0.25, 0.3) is 0 Å². The summed E-state index contributed by atoms with van der Waals surface area (Å²) in [5, 5.41) is 13.6. The van der Waals surface area contributed by atoms with Crippen LogP contribution in [0.2, 0.25) is 0 Å². The van der Waals surface area contributed by atoms with Gasteiger partial charge >= 0.3 is 5.97 Å². The number of aliphatic hydroxyl groups is 1. The van der Waals surface area contributed by atoms with E-state index in [4.69, 9.17) is 14.2 Å². The Hall–Kier alpha value is -3.58. The van der Waals surface area contributed by atoms with Crippen LogP contribution in [0.4, 0.5) is 0 Å². The van der Waals surface area contributed by atoms with Crippen LogP contribution in [0.5, 0.6) is 0 Å². The van der Waals surface area contributed by atoms with E-state index in [0.29, 0.717) is 45.6 Å². The van der Waals surface area contributed by atoms with E-state index >= 15 is 0 Å². The Bertz CT molecular complexity index is 1350. The lowest BCUT2D eigenvalue weighted by atomic mass is 9.70. The highest BCUT2D eigenvalue weighted by molar-refractivity contribution is 5.99. The summed E-state index contributed by atoms with van der Waals surface area (Å²) < 4.78 is 17.7. The number of hydrogen-bond acceptors (Lipinski definition) is 9. The van der Waals surface area contributed by atoms with Gasteiger partial charge in [0.2, 0.25) is 17.7 Å². The quantitative estimate of drug-likeness (QED) is 0.187. The van der Waals surface area contributed by atoms with Crippen molar-refractivity contribution in [3.05, 3.63) is 61.2 Å². The standard InChI is InChI=1S/C37H52N4O8/c1-5-7-13-30(43)48-24-27(26-11-9-8-10-12-26)38-34(44)31-29-14-15-37(49-29)32(31)35(45)41(28(23-42)25(3)4)33(37)36(46)40(16-6-2)18-17-39-19-21-47-22-20-39/h5-6,8-12,25,27-29,31-33,42H,1-2,7,13-24H2,3-4H3,(H,38,44)/t27-,28+,29-,31+,32+,33-,37+/m1/s1. The predicted molar refractivity (Wildman–Crippen MR) is 182 cm³/mol. The zero-order valence-corrected chi connectivity index (χ0v) is 28.8. The molecule has 12 nitrogen and oxygen atoms in total. The van der Waals surface area contributed by atoms with Crippen molar-refractivity contribution in [3.8, 4) is 0 Å². The zero-order valence-electron chi connectivity index (χ0n) is 28.8. The first-order chi connectivity index (χ1) is 23.7. The normalized spacial score (nSPS) is 27.4. The molecule has 5 rings (SSSR count). The maximum Gasteiger partial charge on any atom is 0.306 e. The van der Waals surface area contributed by atoms with Gasteiger partial charge in [-0.05, 0) is 30.7 Å². The molecule has 49 heavy (non-hydrogen) atoms. The lowest BCUT2D eigenvalue weighted by Crippen LogP contribution is -2.60. The van der Waals surface area contributed by atoms with Gasteiger partial charge in [-0.3, -0.25) is 24.1 Å². The van der Waals surface area contributed by atoms with E-state index in [1.165, 1.54) is 4.90 Å². The number of aliphatic hydroxyl groups excluding tert-OH is 1. The molecule has 1 aromatic rings. The van der Waals surface area contributed by atoms with E-state index in [9.17, 15) is 24.3 Å². The number of nitrogens with zero attached hydrogens (tertiary/aromatic N) is 3. The smallest absolute Gasteiger partial charge is 0.306 e. The molecule has 4 heterocycles. The molecule has 0 aliphatic carbocycles. The molecule has 0 unspecified atom stereocenters. The van der Waals surface area contributed by atoms with Crippen molar-refractivity contribution in [3.63, 3.8) is 0 Å².